The standard InChI is InChI=1S/C13H13Cl2N3O2/c1-3-13(2)11(19)18(12(20)17-13)16-7-8-9(14)5-4-6-10(8)15/h4-7H,3H2,1-2H3,(H,17,20)/b16-7-/t13-/m1/s1. The SMILES string of the molecule is CC[C@@]1(C)NC(=O)N(/N=C\c2c(Cl)cccc2Cl)C1=O. The Balaban J connectivity index is 2.29. The van der Waals surface area contributed by atoms with Crippen LogP contribution in [0.1, 0.15) is 25.8 Å². The first kappa shape index (κ1) is 14.8. The van der Waals surface area contributed by atoms with Crippen molar-refractivity contribution in [2.75, 3.05) is 0 Å². The topological polar surface area (TPSA) is 61.8 Å². The molecule has 1 aliphatic heterocycles. The Morgan fingerprint density at radius 3 is 2.45 bits per heavy atom. The van der Waals surface area contributed by atoms with E-state index in [-0.39, 0.29) is 0 Å². The first-order valence-corrected chi connectivity index (χ1v) is 6.79. The molecule has 1 fully saturated rings. The first-order chi connectivity index (χ1) is 9.39. The number of imide groups is 1. The van der Waals surface area contributed by atoms with Gasteiger partial charge in [0.25, 0.3) is 5.91 Å². The minimum absolute atomic E-state index is 0.395. The summed E-state index contributed by atoms with van der Waals surface area (Å²) in [5.41, 5.74) is -0.458. The number of nitrogens with zero attached hydrogens (tertiary/aromatic N) is 2. The molecule has 20 heavy (non-hydrogen) atoms. The highest BCUT2D eigenvalue weighted by molar-refractivity contribution is 6.38. The van der Waals surface area contributed by atoms with E-state index in [0.717, 1.165) is 5.01 Å². The van der Waals surface area contributed by atoms with Gasteiger partial charge in [-0.1, -0.05) is 36.2 Å². The fraction of sp³-hybridized carbons (Fsp3) is 0.308. The fourth-order valence-corrected chi connectivity index (χ4v) is 2.26. The minimum atomic E-state index is -0.918. The highest BCUT2D eigenvalue weighted by Crippen LogP contribution is 2.24. The van der Waals surface area contributed by atoms with Crippen LogP contribution in [0, 0.1) is 0 Å². The van der Waals surface area contributed by atoms with Crippen molar-refractivity contribution in [1.29, 1.82) is 0 Å². The molecule has 0 unspecified atom stereocenters. The van der Waals surface area contributed by atoms with Crippen LogP contribution in [0.5, 0.6) is 0 Å². The van der Waals surface area contributed by atoms with Gasteiger partial charge in [0.2, 0.25) is 0 Å². The van der Waals surface area contributed by atoms with Gasteiger partial charge < -0.3 is 5.32 Å². The third-order valence-electron chi connectivity index (χ3n) is 3.25. The Labute approximate surface area is 126 Å². The van der Waals surface area contributed by atoms with Gasteiger partial charge in [-0.05, 0) is 25.5 Å². The maximum Gasteiger partial charge on any atom is 0.346 e. The average molecular weight is 314 g/mol. The molecule has 1 aliphatic rings. The Morgan fingerprint density at radius 2 is 1.95 bits per heavy atom. The Hall–Kier alpha value is -1.59. The number of benzene rings is 1. The van der Waals surface area contributed by atoms with Gasteiger partial charge in [0.05, 0.1) is 16.3 Å². The van der Waals surface area contributed by atoms with Crippen LogP contribution in [0.4, 0.5) is 4.79 Å². The van der Waals surface area contributed by atoms with Gasteiger partial charge in [-0.25, -0.2) is 4.79 Å². The molecule has 5 nitrogen and oxygen atoms in total. The lowest BCUT2D eigenvalue weighted by atomic mass is 10.00. The fourth-order valence-electron chi connectivity index (χ4n) is 1.76. The van der Waals surface area contributed by atoms with E-state index in [2.05, 4.69) is 10.4 Å². The maximum absolute atomic E-state index is 12.1. The molecule has 106 valence electrons. The first-order valence-electron chi connectivity index (χ1n) is 6.03. The molecule has 1 heterocycles. The number of carbonyl (C=O) groups excluding carboxylic acids is 2. The molecule has 0 bridgehead atoms. The molecule has 0 radical (unpaired) electrons. The van der Waals surface area contributed by atoms with Gasteiger partial charge in [-0.3, -0.25) is 4.79 Å². The second-order valence-corrected chi connectivity index (χ2v) is 5.43. The van der Waals surface area contributed by atoms with E-state index in [1.165, 1.54) is 6.21 Å². The van der Waals surface area contributed by atoms with Gasteiger partial charge in [0.15, 0.2) is 0 Å². The maximum atomic E-state index is 12.1. The molecule has 3 amide bonds. The molecule has 1 aromatic rings. The number of rotatable bonds is 3. The smallest absolute Gasteiger partial charge is 0.322 e. The van der Waals surface area contributed by atoms with Crippen molar-refractivity contribution in [2.24, 2.45) is 5.10 Å². The molecule has 7 heteroatoms. The van der Waals surface area contributed by atoms with Crippen LogP contribution in [-0.4, -0.2) is 28.7 Å². The number of urea groups is 1. The third kappa shape index (κ3) is 2.51. The monoisotopic (exact) mass is 313 g/mol. The number of nitrogens with one attached hydrogen (secondary N) is 1. The number of amides is 3. The summed E-state index contributed by atoms with van der Waals surface area (Å²) in [4.78, 5) is 23.9. The van der Waals surface area contributed by atoms with Gasteiger partial charge in [-0.2, -0.15) is 5.10 Å². The molecular weight excluding hydrogens is 301 g/mol. The molecule has 1 atom stereocenters. The summed E-state index contributed by atoms with van der Waals surface area (Å²) in [5, 5.41) is 8.09. The van der Waals surface area contributed by atoms with Crippen molar-refractivity contribution in [1.82, 2.24) is 10.3 Å². The minimum Gasteiger partial charge on any atom is -0.322 e. The number of carbonyl (C=O) groups is 2. The van der Waals surface area contributed by atoms with Crippen LogP contribution in [0.3, 0.4) is 0 Å². The van der Waals surface area contributed by atoms with E-state index in [1.54, 1.807) is 25.1 Å². The quantitative estimate of drug-likeness (QED) is 0.688. The summed E-state index contributed by atoms with van der Waals surface area (Å²) in [6.45, 7) is 3.47. The number of halogens is 2. The van der Waals surface area contributed by atoms with E-state index in [1.807, 2.05) is 6.92 Å². The van der Waals surface area contributed by atoms with E-state index in [4.69, 9.17) is 23.2 Å². The Morgan fingerprint density at radius 1 is 1.35 bits per heavy atom. The van der Waals surface area contributed by atoms with Gasteiger partial charge in [-0.15, -0.1) is 5.01 Å². The molecule has 0 aliphatic carbocycles. The van der Waals surface area contributed by atoms with Crippen LogP contribution < -0.4 is 5.32 Å². The lowest BCUT2D eigenvalue weighted by Gasteiger charge is -2.17. The van der Waals surface area contributed by atoms with Crippen LogP contribution in [0.2, 0.25) is 10.0 Å². The number of hydrazone groups is 1. The van der Waals surface area contributed by atoms with Crippen molar-refractivity contribution >= 4 is 41.4 Å². The van der Waals surface area contributed by atoms with E-state index < -0.39 is 17.5 Å². The molecule has 0 aromatic heterocycles. The molecular formula is C13H13Cl2N3O2. The Bertz CT molecular complexity index is 583. The van der Waals surface area contributed by atoms with E-state index in [0.29, 0.717) is 22.0 Å². The lowest BCUT2D eigenvalue weighted by Crippen LogP contribution is -2.42. The zero-order valence-corrected chi connectivity index (χ0v) is 12.5. The second-order valence-electron chi connectivity index (χ2n) is 4.61. The van der Waals surface area contributed by atoms with Gasteiger partial charge >= 0.3 is 6.03 Å². The van der Waals surface area contributed by atoms with Crippen molar-refractivity contribution in [3.8, 4) is 0 Å². The summed E-state index contributed by atoms with van der Waals surface area (Å²) >= 11 is 12.0. The molecule has 2 rings (SSSR count). The van der Waals surface area contributed by atoms with Crippen molar-refractivity contribution < 1.29 is 9.59 Å². The lowest BCUT2D eigenvalue weighted by molar-refractivity contribution is -0.130. The summed E-state index contributed by atoms with van der Waals surface area (Å²) in [6, 6.07) is 4.44. The van der Waals surface area contributed by atoms with Gasteiger partial charge in [0, 0.05) is 5.56 Å². The average Bonchev–Trinajstić information content (AvgIpc) is 2.61. The summed E-state index contributed by atoms with van der Waals surface area (Å²) in [6.07, 6.45) is 1.79. The number of hydrogen-bond acceptors (Lipinski definition) is 3. The predicted octanol–water partition coefficient (Wildman–Crippen LogP) is 3.05. The zero-order chi connectivity index (χ0) is 14.9. The third-order valence-corrected chi connectivity index (χ3v) is 3.91. The van der Waals surface area contributed by atoms with Crippen molar-refractivity contribution in [3.05, 3.63) is 33.8 Å². The van der Waals surface area contributed by atoms with Crippen LogP contribution in [0.15, 0.2) is 23.3 Å². The van der Waals surface area contributed by atoms with Crippen molar-refractivity contribution in [2.45, 2.75) is 25.8 Å². The zero-order valence-electron chi connectivity index (χ0n) is 11.0. The summed E-state index contributed by atoms with van der Waals surface area (Å²) in [7, 11) is 0. The molecule has 0 spiro atoms. The highest BCUT2D eigenvalue weighted by Gasteiger charge is 2.46. The van der Waals surface area contributed by atoms with Crippen LogP contribution >= 0.6 is 23.2 Å². The number of hydrogen-bond donors (Lipinski definition) is 1. The van der Waals surface area contributed by atoms with E-state index >= 15 is 0 Å². The normalized spacial score (nSPS) is 22.7. The van der Waals surface area contributed by atoms with Crippen molar-refractivity contribution in [3.63, 3.8) is 0 Å². The molecule has 1 saturated heterocycles. The largest absolute Gasteiger partial charge is 0.346 e. The molecule has 0 saturated carbocycles. The van der Waals surface area contributed by atoms with Crippen LogP contribution in [-0.2, 0) is 4.79 Å². The van der Waals surface area contributed by atoms with Crippen LogP contribution in [0.25, 0.3) is 0 Å². The second kappa shape index (κ2) is 5.42. The highest BCUT2D eigenvalue weighted by atomic mass is 35.5. The van der Waals surface area contributed by atoms with Gasteiger partial charge in [0.1, 0.15) is 5.54 Å². The Kier molecular flexibility index (Phi) is 4.01. The predicted molar refractivity (Wildman–Crippen MR) is 78.1 cm³/mol. The summed E-state index contributed by atoms with van der Waals surface area (Å²) < 4.78 is 0. The molecule has 1 aromatic carbocycles. The molecule has 1 N–H and O–H groups in total. The summed E-state index contributed by atoms with van der Waals surface area (Å²) in [5.74, 6) is -0.399. The van der Waals surface area contributed by atoms with E-state index in [9.17, 15) is 9.59 Å².